The van der Waals surface area contributed by atoms with Gasteiger partial charge in [-0.05, 0) is 61.2 Å². The molecule has 2 saturated heterocycles. The van der Waals surface area contributed by atoms with Crippen LogP contribution in [0, 0.1) is 0 Å². The van der Waals surface area contributed by atoms with E-state index in [1.54, 1.807) is 59.6 Å². The quantitative estimate of drug-likeness (QED) is 0.290. The highest BCUT2D eigenvalue weighted by atomic mass is 16.6. The number of para-hydroxylation sites is 1. The van der Waals surface area contributed by atoms with Gasteiger partial charge in [-0.15, -0.1) is 0 Å². The maximum Gasteiger partial charge on any atom is 0.417 e. The molecule has 0 aromatic heterocycles. The Balaban J connectivity index is 1.25. The summed E-state index contributed by atoms with van der Waals surface area (Å²) in [5, 5.41) is 0. The molecule has 1 atom stereocenters. The van der Waals surface area contributed by atoms with Crippen molar-refractivity contribution in [1.29, 1.82) is 0 Å². The number of ether oxygens (including phenoxy) is 4. The third-order valence-corrected chi connectivity index (χ3v) is 7.10. The summed E-state index contributed by atoms with van der Waals surface area (Å²) in [5.74, 6) is 0.386. The van der Waals surface area contributed by atoms with Gasteiger partial charge in [0.15, 0.2) is 29.3 Å². The fourth-order valence-electron chi connectivity index (χ4n) is 4.74. The monoisotopic (exact) mass is 591 g/mol. The third kappa shape index (κ3) is 9.17. The van der Waals surface area contributed by atoms with Crippen molar-refractivity contribution in [2.45, 2.75) is 31.9 Å². The van der Waals surface area contributed by atoms with Gasteiger partial charge in [0.2, 0.25) is 0 Å². The van der Waals surface area contributed by atoms with Crippen LogP contribution in [0.1, 0.15) is 31.2 Å². The first-order chi connectivity index (χ1) is 20.9. The number of rotatable bonds is 10. The minimum Gasteiger partial charge on any atom is -0.493 e. The number of carbonyl (C=O) groups excluding carboxylic acids is 4. The van der Waals surface area contributed by atoms with Crippen LogP contribution in [-0.2, 0) is 14.3 Å². The number of methoxy groups -OCH3 is 2. The lowest BCUT2D eigenvalue weighted by molar-refractivity contribution is -0.122. The average molecular weight is 592 g/mol. The zero-order chi connectivity index (χ0) is 30.6. The van der Waals surface area contributed by atoms with Crippen molar-refractivity contribution in [3.05, 3.63) is 72.4 Å². The molecule has 1 unspecified atom stereocenters. The second-order valence-corrected chi connectivity index (χ2v) is 10.1. The normalized spacial score (nSPS) is 17.3. The van der Waals surface area contributed by atoms with E-state index in [2.05, 4.69) is 0 Å². The van der Waals surface area contributed by atoms with Gasteiger partial charge < -0.3 is 28.7 Å². The van der Waals surface area contributed by atoms with Crippen LogP contribution in [0.5, 0.6) is 17.2 Å². The molecule has 11 heteroatoms. The van der Waals surface area contributed by atoms with E-state index in [-0.39, 0.29) is 18.0 Å². The standard InChI is InChI=1S/C32H37N3O8/c1-40-29-21-24(12-14-28(29)43-31(38)34-16-7-4-8-17-34)11-13-25(36)22-26(37)15-18-33-19-20-35(30(23-33)41-2)32(39)42-27-9-5-3-6-10-27/h3,5-6,9-15,18,21,30H,4,7-8,16-17,19-20,22-23H2,1-2H3/b13-11+,18-15+. The second-order valence-electron chi connectivity index (χ2n) is 10.1. The van der Waals surface area contributed by atoms with Crippen LogP contribution in [0.25, 0.3) is 6.08 Å². The predicted octanol–water partition coefficient (Wildman–Crippen LogP) is 4.52. The molecule has 0 bridgehead atoms. The molecular formula is C32H37N3O8. The highest BCUT2D eigenvalue weighted by Crippen LogP contribution is 2.29. The number of piperazine rings is 1. The number of ketones is 2. The lowest BCUT2D eigenvalue weighted by Crippen LogP contribution is -2.55. The van der Waals surface area contributed by atoms with Gasteiger partial charge in [-0.2, -0.15) is 0 Å². The van der Waals surface area contributed by atoms with E-state index in [0.29, 0.717) is 55.5 Å². The molecule has 43 heavy (non-hydrogen) atoms. The van der Waals surface area contributed by atoms with Crippen LogP contribution < -0.4 is 14.2 Å². The Hall–Kier alpha value is -4.64. The minimum absolute atomic E-state index is 0.298. The molecule has 228 valence electrons. The average Bonchev–Trinajstić information content (AvgIpc) is 3.03. The van der Waals surface area contributed by atoms with Gasteiger partial charge in [-0.1, -0.05) is 30.3 Å². The molecular weight excluding hydrogens is 554 g/mol. The van der Waals surface area contributed by atoms with Crippen LogP contribution in [-0.4, -0.2) is 91.6 Å². The van der Waals surface area contributed by atoms with E-state index in [1.165, 1.54) is 31.3 Å². The first kappa shape index (κ1) is 31.3. The molecule has 2 aliphatic rings. The molecule has 2 amide bonds. The molecule has 0 N–H and O–H groups in total. The summed E-state index contributed by atoms with van der Waals surface area (Å²) in [6, 6.07) is 13.8. The third-order valence-electron chi connectivity index (χ3n) is 7.10. The van der Waals surface area contributed by atoms with E-state index in [4.69, 9.17) is 18.9 Å². The molecule has 4 rings (SSSR count). The van der Waals surface area contributed by atoms with Crippen molar-refractivity contribution in [3.63, 3.8) is 0 Å². The molecule has 2 aromatic rings. The van der Waals surface area contributed by atoms with Crippen molar-refractivity contribution < 1.29 is 38.1 Å². The van der Waals surface area contributed by atoms with Crippen LogP contribution in [0.4, 0.5) is 9.59 Å². The number of hydrogen-bond acceptors (Lipinski definition) is 9. The van der Waals surface area contributed by atoms with Crippen LogP contribution in [0.2, 0.25) is 0 Å². The summed E-state index contributed by atoms with van der Waals surface area (Å²) in [4.78, 5) is 55.0. The van der Waals surface area contributed by atoms with Crippen molar-refractivity contribution >= 4 is 29.8 Å². The van der Waals surface area contributed by atoms with E-state index < -0.39 is 18.4 Å². The number of piperidine rings is 1. The molecule has 11 nitrogen and oxygen atoms in total. The number of hydrogen-bond donors (Lipinski definition) is 0. The Bertz CT molecular complexity index is 1340. The first-order valence-corrected chi connectivity index (χ1v) is 14.2. The Kier molecular flexibility index (Phi) is 11.3. The number of amides is 2. The molecule has 0 spiro atoms. The summed E-state index contributed by atoms with van der Waals surface area (Å²) < 4.78 is 21.8. The summed E-state index contributed by atoms with van der Waals surface area (Å²) in [7, 11) is 2.98. The van der Waals surface area contributed by atoms with Crippen molar-refractivity contribution in [2.75, 3.05) is 46.9 Å². The number of carbonyl (C=O) groups is 4. The SMILES string of the molecule is COc1cc(/C=C/C(=O)CC(=O)/C=C/N2CCN(C(=O)Oc3ccccc3)C(OC)C2)ccc1OC(=O)N1CCCCC1. The Labute approximate surface area is 251 Å². The van der Waals surface area contributed by atoms with Gasteiger partial charge in [0.25, 0.3) is 0 Å². The summed E-state index contributed by atoms with van der Waals surface area (Å²) >= 11 is 0. The summed E-state index contributed by atoms with van der Waals surface area (Å²) in [5.41, 5.74) is 0.653. The van der Waals surface area contributed by atoms with E-state index in [9.17, 15) is 19.2 Å². The molecule has 2 heterocycles. The first-order valence-electron chi connectivity index (χ1n) is 14.2. The molecule has 2 aromatic carbocycles. The van der Waals surface area contributed by atoms with Gasteiger partial charge in [0, 0.05) is 39.5 Å². The smallest absolute Gasteiger partial charge is 0.417 e. The highest BCUT2D eigenvalue weighted by Gasteiger charge is 2.31. The molecule has 0 aliphatic carbocycles. The van der Waals surface area contributed by atoms with Crippen molar-refractivity contribution in [3.8, 4) is 17.2 Å². The zero-order valence-electron chi connectivity index (χ0n) is 24.5. The van der Waals surface area contributed by atoms with Gasteiger partial charge in [-0.25, -0.2) is 9.59 Å². The molecule has 0 saturated carbocycles. The molecule has 2 aliphatic heterocycles. The minimum atomic E-state index is -0.564. The maximum atomic E-state index is 12.6. The van der Waals surface area contributed by atoms with Gasteiger partial charge in [0.05, 0.1) is 20.1 Å². The van der Waals surface area contributed by atoms with E-state index in [0.717, 1.165) is 19.3 Å². The Morgan fingerprint density at radius 3 is 2.28 bits per heavy atom. The van der Waals surface area contributed by atoms with Gasteiger partial charge >= 0.3 is 12.2 Å². The number of allylic oxidation sites excluding steroid dienone is 2. The lowest BCUT2D eigenvalue weighted by atomic mass is 10.1. The molecule has 0 radical (unpaired) electrons. The van der Waals surface area contributed by atoms with Crippen LogP contribution in [0.15, 0.2) is 66.9 Å². The highest BCUT2D eigenvalue weighted by molar-refractivity contribution is 6.09. The van der Waals surface area contributed by atoms with Gasteiger partial charge in [-0.3, -0.25) is 14.5 Å². The largest absolute Gasteiger partial charge is 0.493 e. The number of benzene rings is 2. The zero-order valence-corrected chi connectivity index (χ0v) is 24.5. The summed E-state index contributed by atoms with van der Waals surface area (Å²) in [6.07, 6.45) is 7.11. The fourth-order valence-corrected chi connectivity index (χ4v) is 4.74. The lowest BCUT2D eigenvalue weighted by Gasteiger charge is -2.39. The Morgan fingerprint density at radius 1 is 0.814 bits per heavy atom. The number of likely N-dealkylation sites (tertiary alicyclic amines) is 1. The maximum absolute atomic E-state index is 12.6. The second kappa shape index (κ2) is 15.5. The van der Waals surface area contributed by atoms with Crippen LogP contribution in [0.3, 0.4) is 0 Å². The van der Waals surface area contributed by atoms with Gasteiger partial charge in [0.1, 0.15) is 5.75 Å². The Morgan fingerprint density at radius 2 is 1.56 bits per heavy atom. The van der Waals surface area contributed by atoms with Crippen molar-refractivity contribution in [2.24, 2.45) is 0 Å². The van der Waals surface area contributed by atoms with E-state index >= 15 is 0 Å². The summed E-state index contributed by atoms with van der Waals surface area (Å²) in [6.45, 7) is 2.49. The predicted molar refractivity (Wildman–Crippen MR) is 159 cm³/mol. The van der Waals surface area contributed by atoms with E-state index in [1.807, 2.05) is 11.0 Å². The topological polar surface area (TPSA) is 115 Å². The number of nitrogens with zero attached hydrogens (tertiary/aromatic N) is 3. The fraction of sp³-hybridized carbons (Fsp3) is 0.375. The van der Waals surface area contributed by atoms with Crippen molar-refractivity contribution in [1.82, 2.24) is 14.7 Å². The molecule has 2 fully saturated rings. The van der Waals surface area contributed by atoms with Crippen LogP contribution >= 0.6 is 0 Å².